The van der Waals surface area contributed by atoms with Crippen LogP contribution in [0.4, 0.5) is 0 Å². The number of carbonyl (C=O) groups excluding carboxylic acids is 2. The number of benzene rings is 1. The zero-order valence-corrected chi connectivity index (χ0v) is 15.6. The molecule has 26 heavy (non-hydrogen) atoms. The molecule has 1 aromatic carbocycles. The van der Waals surface area contributed by atoms with E-state index in [4.69, 9.17) is 4.74 Å². The Hall–Kier alpha value is -2.63. The van der Waals surface area contributed by atoms with Crippen molar-refractivity contribution in [2.24, 2.45) is 0 Å². The molecule has 1 atom stereocenters. The van der Waals surface area contributed by atoms with Crippen LogP contribution < -0.4 is 4.74 Å². The second-order valence-corrected chi connectivity index (χ2v) is 6.65. The molecule has 3 rings (SSSR count). The number of fused-ring (bicyclic) bond motifs is 1. The quantitative estimate of drug-likeness (QED) is 0.827. The van der Waals surface area contributed by atoms with Gasteiger partial charge in [0.2, 0.25) is 11.8 Å². The van der Waals surface area contributed by atoms with Crippen LogP contribution in [0.1, 0.15) is 36.5 Å². The third kappa shape index (κ3) is 3.36. The second-order valence-electron chi connectivity index (χ2n) is 6.65. The van der Waals surface area contributed by atoms with E-state index >= 15 is 0 Å². The second kappa shape index (κ2) is 7.72. The Morgan fingerprint density at radius 3 is 2.81 bits per heavy atom. The van der Waals surface area contributed by atoms with Gasteiger partial charge < -0.3 is 14.5 Å². The van der Waals surface area contributed by atoms with Crippen LogP contribution in [-0.2, 0) is 4.79 Å². The lowest BCUT2D eigenvalue weighted by Crippen LogP contribution is -2.57. The van der Waals surface area contributed by atoms with Crippen molar-refractivity contribution in [3.8, 4) is 5.88 Å². The number of piperazine rings is 1. The molecule has 1 fully saturated rings. The van der Waals surface area contributed by atoms with E-state index in [0.29, 0.717) is 36.5 Å². The molecule has 0 aliphatic carbocycles. The Morgan fingerprint density at radius 2 is 2.08 bits per heavy atom. The number of para-hydroxylation sites is 1. The SMILES string of the molecule is CCCCC1C(=O)N(C)CCN1C(=O)c1cc(OC)nc2ccccc12. The summed E-state index contributed by atoms with van der Waals surface area (Å²) in [6.07, 6.45) is 2.58. The van der Waals surface area contributed by atoms with Gasteiger partial charge in [-0.25, -0.2) is 4.98 Å². The van der Waals surface area contributed by atoms with E-state index in [1.54, 1.807) is 22.9 Å². The van der Waals surface area contributed by atoms with Gasteiger partial charge in [0.25, 0.3) is 5.91 Å². The van der Waals surface area contributed by atoms with Gasteiger partial charge in [0.15, 0.2) is 0 Å². The van der Waals surface area contributed by atoms with Crippen LogP contribution in [0, 0.1) is 0 Å². The van der Waals surface area contributed by atoms with Crippen LogP contribution in [0.15, 0.2) is 30.3 Å². The summed E-state index contributed by atoms with van der Waals surface area (Å²) in [7, 11) is 3.34. The van der Waals surface area contributed by atoms with Crippen LogP contribution >= 0.6 is 0 Å². The summed E-state index contributed by atoms with van der Waals surface area (Å²) in [5, 5.41) is 0.777. The molecule has 0 spiro atoms. The van der Waals surface area contributed by atoms with Crippen molar-refractivity contribution < 1.29 is 14.3 Å². The van der Waals surface area contributed by atoms with Crippen molar-refractivity contribution in [3.05, 3.63) is 35.9 Å². The number of carbonyl (C=O) groups is 2. The minimum absolute atomic E-state index is 0.0170. The molecular formula is C20H25N3O3. The summed E-state index contributed by atoms with van der Waals surface area (Å²) in [6.45, 7) is 3.17. The van der Waals surface area contributed by atoms with E-state index in [2.05, 4.69) is 11.9 Å². The van der Waals surface area contributed by atoms with Gasteiger partial charge in [-0.15, -0.1) is 0 Å². The highest BCUT2D eigenvalue weighted by Gasteiger charge is 2.36. The molecule has 2 aromatic rings. The fourth-order valence-electron chi connectivity index (χ4n) is 3.42. The summed E-state index contributed by atoms with van der Waals surface area (Å²) in [6, 6.07) is 8.78. The van der Waals surface area contributed by atoms with Crippen LogP contribution in [0.5, 0.6) is 5.88 Å². The van der Waals surface area contributed by atoms with Crippen molar-refractivity contribution >= 4 is 22.7 Å². The average molecular weight is 355 g/mol. The fraction of sp³-hybridized carbons (Fsp3) is 0.450. The molecule has 1 unspecified atom stereocenters. The molecule has 6 heteroatoms. The highest BCUT2D eigenvalue weighted by Crippen LogP contribution is 2.26. The van der Waals surface area contributed by atoms with Gasteiger partial charge in [0, 0.05) is 31.6 Å². The number of nitrogens with zero attached hydrogens (tertiary/aromatic N) is 3. The molecule has 0 N–H and O–H groups in total. The van der Waals surface area contributed by atoms with Gasteiger partial charge in [-0.3, -0.25) is 9.59 Å². The summed E-state index contributed by atoms with van der Waals surface area (Å²) in [4.78, 5) is 33.9. The van der Waals surface area contributed by atoms with E-state index in [-0.39, 0.29) is 11.8 Å². The molecule has 2 heterocycles. The number of rotatable bonds is 5. The first kappa shape index (κ1) is 18.2. The highest BCUT2D eigenvalue weighted by molar-refractivity contribution is 6.08. The lowest BCUT2D eigenvalue weighted by atomic mass is 10.0. The molecule has 0 bridgehead atoms. The van der Waals surface area contributed by atoms with Crippen LogP contribution in [0.25, 0.3) is 10.9 Å². The lowest BCUT2D eigenvalue weighted by molar-refractivity contribution is -0.138. The normalized spacial score (nSPS) is 17.7. The van der Waals surface area contributed by atoms with Crippen LogP contribution in [-0.4, -0.2) is 59.9 Å². The number of aromatic nitrogens is 1. The maximum atomic E-state index is 13.4. The van der Waals surface area contributed by atoms with Gasteiger partial charge in [0.1, 0.15) is 6.04 Å². The zero-order valence-electron chi connectivity index (χ0n) is 15.6. The molecule has 6 nitrogen and oxygen atoms in total. The number of hydrogen-bond acceptors (Lipinski definition) is 4. The lowest BCUT2D eigenvalue weighted by Gasteiger charge is -2.39. The predicted octanol–water partition coefficient (Wildman–Crippen LogP) is 2.72. The van der Waals surface area contributed by atoms with Crippen LogP contribution in [0.3, 0.4) is 0 Å². The Kier molecular flexibility index (Phi) is 5.40. The van der Waals surface area contributed by atoms with Crippen molar-refractivity contribution in [1.29, 1.82) is 0 Å². The van der Waals surface area contributed by atoms with Crippen LogP contribution in [0.2, 0.25) is 0 Å². The molecule has 0 saturated carbocycles. The third-order valence-corrected chi connectivity index (χ3v) is 4.94. The maximum absolute atomic E-state index is 13.4. The number of likely N-dealkylation sites (N-methyl/N-ethyl adjacent to an activating group) is 1. The molecule has 1 aliphatic heterocycles. The summed E-state index contributed by atoms with van der Waals surface area (Å²) in [5.41, 5.74) is 1.24. The number of ether oxygens (including phenoxy) is 1. The van der Waals surface area contributed by atoms with E-state index in [9.17, 15) is 9.59 Å². The number of pyridine rings is 1. The van der Waals surface area contributed by atoms with Gasteiger partial charge >= 0.3 is 0 Å². The summed E-state index contributed by atoms with van der Waals surface area (Å²) in [5.74, 6) is 0.283. The van der Waals surface area contributed by atoms with Crippen molar-refractivity contribution in [2.75, 3.05) is 27.2 Å². The molecule has 1 aromatic heterocycles. The Balaban J connectivity index is 2.01. The highest BCUT2D eigenvalue weighted by atomic mass is 16.5. The Labute approximate surface area is 153 Å². The number of methoxy groups -OCH3 is 1. The summed E-state index contributed by atoms with van der Waals surface area (Å²) >= 11 is 0. The van der Waals surface area contributed by atoms with Gasteiger partial charge in [0.05, 0.1) is 18.2 Å². The van der Waals surface area contributed by atoms with Crippen molar-refractivity contribution in [3.63, 3.8) is 0 Å². The van der Waals surface area contributed by atoms with E-state index in [1.165, 1.54) is 7.11 Å². The average Bonchev–Trinajstić information content (AvgIpc) is 2.67. The zero-order chi connectivity index (χ0) is 18.7. The molecule has 0 radical (unpaired) electrons. The fourth-order valence-corrected chi connectivity index (χ4v) is 3.42. The van der Waals surface area contributed by atoms with Crippen molar-refractivity contribution in [2.45, 2.75) is 32.2 Å². The first-order valence-electron chi connectivity index (χ1n) is 9.06. The Bertz CT molecular complexity index is 821. The Morgan fingerprint density at radius 1 is 1.31 bits per heavy atom. The largest absolute Gasteiger partial charge is 0.481 e. The number of unbranched alkanes of at least 4 members (excludes halogenated alkanes) is 1. The molecule has 1 aliphatic rings. The molecule has 1 saturated heterocycles. The first-order chi connectivity index (χ1) is 12.6. The first-order valence-corrected chi connectivity index (χ1v) is 9.06. The minimum atomic E-state index is -0.404. The van der Waals surface area contributed by atoms with Gasteiger partial charge in [-0.1, -0.05) is 38.0 Å². The van der Waals surface area contributed by atoms with E-state index in [0.717, 1.165) is 18.2 Å². The molecular weight excluding hydrogens is 330 g/mol. The predicted molar refractivity (Wildman–Crippen MR) is 100 cm³/mol. The molecule has 2 amide bonds. The summed E-state index contributed by atoms with van der Waals surface area (Å²) < 4.78 is 5.27. The van der Waals surface area contributed by atoms with Gasteiger partial charge in [-0.2, -0.15) is 0 Å². The number of amides is 2. The van der Waals surface area contributed by atoms with E-state index in [1.807, 2.05) is 24.3 Å². The van der Waals surface area contributed by atoms with Crippen molar-refractivity contribution in [1.82, 2.24) is 14.8 Å². The monoisotopic (exact) mass is 355 g/mol. The van der Waals surface area contributed by atoms with E-state index < -0.39 is 6.04 Å². The maximum Gasteiger partial charge on any atom is 0.255 e. The topological polar surface area (TPSA) is 62.7 Å². The van der Waals surface area contributed by atoms with Gasteiger partial charge in [-0.05, 0) is 12.5 Å². The minimum Gasteiger partial charge on any atom is -0.481 e. The standard InChI is InChI=1S/C20H25N3O3/c1-4-5-10-17-20(25)22(2)11-12-23(17)19(24)15-13-18(26-3)21-16-9-7-6-8-14(15)16/h6-9,13,17H,4-5,10-12H2,1-3H3. The third-order valence-electron chi connectivity index (χ3n) is 4.94. The molecule has 138 valence electrons. The number of hydrogen-bond donors (Lipinski definition) is 0. The smallest absolute Gasteiger partial charge is 0.255 e.